The van der Waals surface area contributed by atoms with Crippen LogP contribution in [0.25, 0.3) is 6.08 Å². The number of fused-ring (bicyclic) bond motifs is 1. The molecule has 2 aromatic rings. The number of furan rings is 1. The Morgan fingerprint density at radius 3 is 2.91 bits per heavy atom. The van der Waals surface area contributed by atoms with E-state index in [2.05, 4.69) is 14.8 Å². The van der Waals surface area contributed by atoms with Crippen LogP contribution >= 0.6 is 0 Å². The molecule has 4 rings (SSSR count). The van der Waals surface area contributed by atoms with E-state index in [9.17, 15) is 4.79 Å². The summed E-state index contributed by atoms with van der Waals surface area (Å²) in [4.78, 5) is 14.1. The van der Waals surface area contributed by atoms with Crippen LogP contribution in [0.1, 0.15) is 42.6 Å². The molecule has 2 aliphatic rings. The van der Waals surface area contributed by atoms with Crippen molar-refractivity contribution in [3.05, 3.63) is 41.9 Å². The highest BCUT2D eigenvalue weighted by Gasteiger charge is 2.28. The van der Waals surface area contributed by atoms with E-state index >= 15 is 0 Å². The van der Waals surface area contributed by atoms with Gasteiger partial charge in [-0.15, -0.1) is 10.2 Å². The summed E-state index contributed by atoms with van der Waals surface area (Å²) >= 11 is 0. The Bertz CT molecular complexity index is 709. The predicted molar refractivity (Wildman–Crippen MR) is 84.6 cm³/mol. The van der Waals surface area contributed by atoms with E-state index in [1.807, 2.05) is 17.0 Å². The smallest absolute Gasteiger partial charge is 0.246 e. The van der Waals surface area contributed by atoms with Gasteiger partial charge in [-0.3, -0.25) is 4.79 Å². The van der Waals surface area contributed by atoms with Crippen molar-refractivity contribution in [2.24, 2.45) is 0 Å². The summed E-state index contributed by atoms with van der Waals surface area (Å²) in [5.74, 6) is 3.42. The Hall–Kier alpha value is -2.37. The number of hydrogen-bond donors (Lipinski definition) is 0. The van der Waals surface area contributed by atoms with Crippen LogP contribution in [0.3, 0.4) is 0 Å². The number of carbonyl (C=O) groups is 1. The van der Waals surface area contributed by atoms with Crippen molar-refractivity contribution in [1.29, 1.82) is 0 Å². The first kappa shape index (κ1) is 14.2. The van der Waals surface area contributed by atoms with Gasteiger partial charge < -0.3 is 13.9 Å². The molecule has 6 heteroatoms. The van der Waals surface area contributed by atoms with Crippen LogP contribution in [-0.2, 0) is 17.8 Å². The highest BCUT2D eigenvalue weighted by atomic mass is 16.3. The highest BCUT2D eigenvalue weighted by Crippen LogP contribution is 2.29. The fourth-order valence-electron chi connectivity index (χ4n) is 3.48. The molecule has 0 saturated carbocycles. The summed E-state index contributed by atoms with van der Waals surface area (Å²) in [6, 6.07) is 3.65. The minimum absolute atomic E-state index is 0.0475. The van der Waals surface area contributed by atoms with Crippen molar-refractivity contribution in [1.82, 2.24) is 19.7 Å². The molecule has 0 aromatic carbocycles. The second-order valence-electron chi connectivity index (χ2n) is 6.18. The van der Waals surface area contributed by atoms with Gasteiger partial charge in [0.1, 0.15) is 17.4 Å². The van der Waals surface area contributed by atoms with Gasteiger partial charge in [-0.25, -0.2) is 0 Å². The Morgan fingerprint density at radius 1 is 1.26 bits per heavy atom. The largest absolute Gasteiger partial charge is 0.465 e. The molecule has 2 aromatic heterocycles. The van der Waals surface area contributed by atoms with Crippen LogP contribution in [0.4, 0.5) is 0 Å². The first-order chi connectivity index (χ1) is 11.3. The molecule has 1 saturated heterocycles. The van der Waals surface area contributed by atoms with Crippen LogP contribution < -0.4 is 0 Å². The third-order valence-electron chi connectivity index (χ3n) is 4.74. The second-order valence-corrected chi connectivity index (χ2v) is 6.18. The number of aromatic nitrogens is 3. The molecular weight excluding hydrogens is 292 g/mol. The number of amides is 1. The van der Waals surface area contributed by atoms with E-state index in [1.165, 1.54) is 6.42 Å². The maximum Gasteiger partial charge on any atom is 0.246 e. The molecule has 1 fully saturated rings. The molecule has 23 heavy (non-hydrogen) atoms. The van der Waals surface area contributed by atoms with E-state index in [0.717, 1.165) is 50.5 Å². The van der Waals surface area contributed by atoms with E-state index < -0.39 is 0 Å². The van der Waals surface area contributed by atoms with Crippen molar-refractivity contribution in [2.75, 3.05) is 13.1 Å². The van der Waals surface area contributed by atoms with Crippen LogP contribution in [-0.4, -0.2) is 38.7 Å². The van der Waals surface area contributed by atoms with Crippen molar-refractivity contribution < 1.29 is 9.21 Å². The first-order valence-corrected chi connectivity index (χ1v) is 8.24. The zero-order chi connectivity index (χ0) is 15.6. The summed E-state index contributed by atoms with van der Waals surface area (Å²) in [6.45, 7) is 2.59. The molecule has 4 heterocycles. The minimum atomic E-state index is 0.0475. The minimum Gasteiger partial charge on any atom is -0.465 e. The summed E-state index contributed by atoms with van der Waals surface area (Å²) in [6.07, 6.45) is 9.05. The molecule has 0 radical (unpaired) electrons. The van der Waals surface area contributed by atoms with E-state index in [1.54, 1.807) is 18.4 Å². The van der Waals surface area contributed by atoms with Crippen LogP contribution in [0.15, 0.2) is 28.9 Å². The molecule has 6 nitrogen and oxygen atoms in total. The summed E-state index contributed by atoms with van der Waals surface area (Å²) in [5.41, 5.74) is 0. The first-order valence-electron chi connectivity index (χ1n) is 8.24. The number of likely N-dealkylation sites (tertiary alicyclic amines) is 1. The number of piperidine rings is 1. The third-order valence-corrected chi connectivity index (χ3v) is 4.74. The van der Waals surface area contributed by atoms with Crippen LogP contribution in [0.5, 0.6) is 0 Å². The number of nitrogens with zero attached hydrogens (tertiary/aromatic N) is 4. The second kappa shape index (κ2) is 6.02. The van der Waals surface area contributed by atoms with Gasteiger partial charge in [-0.05, 0) is 37.5 Å². The molecule has 0 atom stereocenters. The summed E-state index contributed by atoms with van der Waals surface area (Å²) < 4.78 is 7.48. The number of hydrogen-bond acceptors (Lipinski definition) is 4. The highest BCUT2D eigenvalue weighted by molar-refractivity contribution is 5.91. The topological polar surface area (TPSA) is 64.2 Å². The Labute approximate surface area is 134 Å². The van der Waals surface area contributed by atoms with Gasteiger partial charge in [-0.1, -0.05) is 0 Å². The number of carbonyl (C=O) groups excluding carboxylic acids is 1. The molecule has 0 bridgehead atoms. The lowest BCUT2D eigenvalue weighted by Crippen LogP contribution is -2.37. The summed E-state index contributed by atoms with van der Waals surface area (Å²) in [5, 5.41) is 8.68. The van der Waals surface area contributed by atoms with Crippen LogP contribution in [0, 0.1) is 0 Å². The Balaban J connectivity index is 1.36. The maximum absolute atomic E-state index is 12.2. The van der Waals surface area contributed by atoms with Crippen molar-refractivity contribution >= 4 is 12.0 Å². The van der Waals surface area contributed by atoms with Gasteiger partial charge in [0.25, 0.3) is 0 Å². The number of aryl methyl sites for hydroxylation is 1. The average molecular weight is 312 g/mol. The fourth-order valence-corrected chi connectivity index (χ4v) is 3.48. The van der Waals surface area contributed by atoms with Crippen molar-refractivity contribution in [3.8, 4) is 0 Å². The van der Waals surface area contributed by atoms with Gasteiger partial charge in [0, 0.05) is 38.0 Å². The number of rotatable bonds is 3. The van der Waals surface area contributed by atoms with E-state index in [0.29, 0.717) is 11.7 Å². The van der Waals surface area contributed by atoms with Crippen molar-refractivity contribution in [3.63, 3.8) is 0 Å². The normalized spacial score (nSPS) is 18.7. The monoisotopic (exact) mass is 312 g/mol. The fraction of sp³-hybridized carbons (Fsp3) is 0.471. The zero-order valence-corrected chi connectivity index (χ0v) is 13.0. The predicted octanol–water partition coefficient (Wildman–Crippen LogP) is 2.24. The van der Waals surface area contributed by atoms with E-state index in [-0.39, 0.29) is 5.91 Å². The van der Waals surface area contributed by atoms with Crippen LogP contribution in [0.2, 0.25) is 0 Å². The Kier molecular flexibility index (Phi) is 3.73. The third kappa shape index (κ3) is 2.81. The average Bonchev–Trinajstić information content (AvgIpc) is 3.30. The molecular formula is C17H20N4O2. The molecule has 0 unspecified atom stereocenters. The lowest BCUT2D eigenvalue weighted by Gasteiger charge is -2.30. The van der Waals surface area contributed by atoms with Gasteiger partial charge >= 0.3 is 0 Å². The van der Waals surface area contributed by atoms with Gasteiger partial charge in [-0.2, -0.15) is 0 Å². The standard InChI is InChI=1S/C17H20N4O2/c22-16(6-5-14-3-2-12-23-14)20-10-7-13(8-11-20)17-19-18-15-4-1-9-21(15)17/h2-3,5-6,12-13H,1,4,7-11H2. The molecule has 2 aliphatic heterocycles. The van der Waals surface area contributed by atoms with Gasteiger partial charge in [0.2, 0.25) is 5.91 Å². The van der Waals surface area contributed by atoms with E-state index in [4.69, 9.17) is 4.42 Å². The SMILES string of the molecule is O=C(C=Cc1ccco1)N1CCC(c2nnc3n2CCC3)CC1. The summed E-state index contributed by atoms with van der Waals surface area (Å²) in [7, 11) is 0. The Morgan fingerprint density at radius 2 is 2.13 bits per heavy atom. The van der Waals surface area contributed by atoms with Gasteiger partial charge in [0.05, 0.1) is 6.26 Å². The molecule has 0 spiro atoms. The lowest BCUT2D eigenvalue weighted by atomic mass is 9.96. The molecule has 0 N–H and O–H groups in total. The molecule has 0 aliphatic carbocycles. The quantitative estimate of drug-likeness (QED) is 0.815. The van der Waals surface area contributed by atoms with Gasteiger partial charge in [0.15, 0.2) is 0 Å². The molecule has 1 amide bonds. The molecule has 120 valence electrons. The van der Waals surface area contributed by atoms with Crippen molar-refractivity contribution in [2.45, 2.75) is 38.1 Å². The zero-order valence-electron chi connectivity index (χ0n) is 13.0. The lowest BCUT2D eigenvalue weighted by molar-refractivity contribution is -0.127. The maximum atomic E-state index is 12.2.